The van der Waals surface area contributed by atoms with E-state index < -0.39 is 0 Å². The van der Waals surface area contributed by atoms with E-state index in [4.69, 9.17) is 12.2 Å². The highest BCUT2D eigenvalue weighted by atomic mass is 32.1. The van der Waals surface area contributed by atoms with Crippen LogP contribution in [0.5, 0.6) is 0 Å². The number of pyridine rings is 2. The average Bonchev–Trinajstić information content (AvgIpc) is 3.31. The molecule has 1 N–H and O–H groups in total. The Morgan fingerprint density at radius 2 is 1.83 bits per heavy atom. The molecule has 3 aromatic heterocycles. The van der Waals surface area contributed by atoms with E-state index in [9.17, 15) is 0 Å². The lowest BCUT2D eigenvalue weighted by atomic mass is 10.0. The third-order valence-corrected chi connectivity index (χ3v) is 5.56. The molecule has 4 heterocycles. The Hall–Kier alpha value is -2.77. The Kier molecular flexibility index (Phi) is 5.87. The van der Waals surface area contributed by atoms with Crippen LogP contribution in [0.25, 0.3) is 0 Å². The molecule has 7 heteroatoms. The number of likely N-dealkylation sites (N-methyl/N-ethyl adjacent to an activating group) is 1. The fourth-order valence-corrected chi connectivity index (χ4v) is 4.11. The van der Waals surface area contributed by atoms with Gasteiger partial charge in [-0.1, -0.05) is 12.1 Å². The lowest BCUT2D eigenvalue weighted by molar-refractivity contribution is 0.269. The minimum Gasteiger partial charge on any atom is -0.352 e. The second kappa shape index (κ2) is 8.71. The number of nitrogens with zero attached hydrogens (tertiary/aromatic N) is 5. The second-order valence-electron chi connectivity index (χ2n) is 7.51. The van der Waals surface area contributed by atoms with Crippen molar-refractivity contribution in [2.45, 2.75) is 18.6 Å². The van der Waals surface area contributed by atoms with Gasteiger partial charge in [-0.25, -0.2) is 0 Å². The van der Waals surface area contributed by atoms with Gasteiger partial charge in [-0.2, -0.15) is 0 Å². The van der Waals surface area contributed by atoms with Crippen molar-refractivity contribution in [3.05, 3.63) is 84.2 Å². The molecule has 2 atom stereocenters. The molecular formula is C22H26N6S. The minimum atomic E-state index is 0.00300. The fourth-order valence-electron chi connectivity index (χ4n) is 3.78. The van der Waals surface area contributed by atoms with Gasteiger partial charge >= 0.3 is 0 Å². The van der Waals surface area contributed by atoms with E-state index in [1.165, 1.54) is 5.69 Å². The summed E-state index contributed by atoms with van der Waals surface area (Å²) in [4.78, 5) is 13.6. The van der Waals surface area contributed by atoms with E-state index in [1.54, 1.807) is 0 Å². The predicted octanol–water partition coefficient (Wildman–Crippen LogP) is 2.86. The summed E-state index contributed by atoms with van der Waals surface area (Å²) in [6.07, 6.45) is 5.79. The summed E-state index contributed by atoms with van der Waals surface area (Å²) in [6.45, 7) is 2.50. The number of thiocarbonyl (C=S) groups is 1. The van der Waals surface area contributed by atoms with Crippen molar-refractivity contribution in [1.29, 1.82) is 0 Å². The van der Waals surface area contributed by atoms with Crippen molar-refractivity contribution in [3.63, 3.8) is 0 Å². The Morgan fingerprint density at radius 1 is 1.03 bits per heavy atom. The molecular weight excluding hydrogens is 380 g/mol. The highest BCUT2D eigenvalue weighted by molar-refractivity contribution is 7.80. The maximum atomic E-state index is 5.74. The Bertz CT molecular complexity index is 940. The van der Waals surface area contributed by atoms with Crippen LogP contribution in [-0.4, -0.2) is 56.6 Å². The normalized spacial score (nSPS) is 19.0. The van der Waals surface area contributed by atoms with Crippen LogP contribution in [0.15, 0.2) is 67.1 Å². The summed E-state index contributed by atoms with van der Waals surface area (Å²) in [5, 5.41) is 4.30. The highest BCUT2D eigenvalue weighted by Crippen LogP contribution is 2.38. The minimum absolute atomic E-state index is 0.00300. The molecule has 6 nitrogen and oxygen atoms in total. The summed E-state index contributed by atoms with van der Waals surface area (Å²) in [5.74, 6) is 0. The van der Waals surface area contributed by atoms with Gasteiger partial charge in [0.05, 0.1) is 30.0 Å². The Labute approximate surface area is 177 Å². The standard InChI is InChI=1S/C22H26N6S/c1-26(2)14-15-28-21(20(25-22(28)29)18-9-4-6-12-24-18)19-10-7-13-27(19)16-17-8-3-5-11-23-17/h3-13,20-21H,14-16H2,1-2H3,(H,25,29)/t20-,21-/m0/s1. The third-order valence-electron chi connectivity index (χ3n) is 5.21. The second-order valence-corrected chi connectivity index (χ2v) is 7.89. The maximum absolute atomic E-state index is 5.74. The quantitative estimate of drug-likeness (QED) is 0.609. The monoisotopic (exact) mass is 406 g/mol. The number of aromatic nitrogens is 3. The highest BCUT2D eigenvalue weighted by Gasteiger charge is 2.40. The molecule has 29 heavy (non-hydrogen) atoms. The summed E-state index contributed by atoms with van der Waals surface area (Å²) >= 11 is 5.74. The van der Waals surface area contributed by atoms with Crippen molar-refractivity contribution in [3.8, 4) is 0 Å². The van der Waals surface area contributed by atoms with Gasteiger partial charge in [0.15, 0.2) is 5.11 Å². The lowest BCUT2D eigenvalue weighted by Gasteiger charge is -2.29. The fraction of sp³-hybridized carbons (Fsp3) is 0.318. The van der Waals surface area contributed by atoms with Gasteiger partial charge in [0.1, 0.15) is 0 Å². The van der Waals surface area contributed by atoms with Gasteiger partial charge in [-0.15, -0.1) is 0 Å². The molecule has 3 aromatic rings. The molecule has 0 aliphatic carbocycles. The van der Waals surface area contributed by atoms with Crippen LogP contribution in [0.1, 0.15) is 29.2 Å². The maximum Gasteiger partial charge on any atom is 0.170 e. The Morgan fingerprint density at radius 3 is 2.52 bits per heavy atom. The van der Waals surface area contributed by atoms with Gasteiger partial charge in [0, 0.05) is 37.4 Å². The van der Waals surface area contributed by atoms with Crippen molar-refractivity contribution < 1.29 is 0 Å². The summed E-state index contributed by atoms with van der Waals surface area (Å²) in [7, 11) is 4.17. The average molecular weight is 407 g/mol. The van der Waals surface area contributed by atoms with Crippen LogP contribution >= 0.6 is 12.2 Å². The molecule has 0 bridgehead atoms. The van der Waals surface area contributed by atoms with Crippen LogP contribution in [-0.2, 0) is 6.54 Å². The van der Waals surface area contributed by atoms with Crippen molar-refractivity contribution in [2.24, 2.45) is 0 Å². The van der Waals surface area contributed by atoms with Crippen molar-refractivity contribution in [2.75, 3.05) is 27.2 Å². The first-order chi connectivity index (χ1) is 14.1. The largest absolute Gasteiger partial charge is 0.352 e. The van der Waals surface area contributed by atoms with Crippen LogP contribution in [0, 0.1) is 0 Å². The zero-order chi connectivity index (χ0) is 20.2. The summed E-state index contributed by atoms with van der Waals surface area (Å²) in [6, 6.07) is 16.4. The van der Waals surface area contributed by atoms with Crippen LogP contribution < -0.4 is 5.32 Å². The molecule has 0 radical (unpaired) electrons. The zero-order valence-electron chi connectivity index (χ0n) is 16.8. The molecule has 1 fully saturated rings. The molecule has 1 saturated heterocycles. The SMILES string of the molecule is CN(C)CCN1C(=S)N[C@@H](c2ccccn2)[C@@H]1c1cccn1Cc1ccccn1. The van der Waals surface area contributed by atoms with Gasteiger partial charge in [0.25, 0.3) is 0 Å². The molecule has 0 amide bonds. The molecule has 0 saturated carbocycles. The molecule has 1 aliphatic rings. The van der Waals surface area contributed by atoms with E-state index in [0.29, 0.717) is 0 Å². The third kappa shape index (κ3) is 4.31. The van der Waals surface area contributed by atoms with Gasteiger partial charge in [-0.05, 0) is 62.7 Å². The van der Waals surface area contributed by atoms with Gasteiger partial charge in [0.2, 0.25) is 0 Å². The predicted molar refractivity (Wildman–Crippen MR) is 118 cm³/mol. The first-order valence-corrected chi connectivity index (χ1v) is 10.2. The van der Waals surface area contributed by atoms with Crippen LogP contribution in [0.2, 0.25) is 0 Å². The zero-order valence-corrected chi connectivity index (χ0v) is 17.6. The number of nitrogens with one attached hydrogen (secondary N) is 1. The number of hydrogen-bond donors (Lipinski definition) is 1. The molecule has 4 rings (SSSR count). The lowest BCUT2D eigenvalue weighted by Crippen LogP contribution is -2.36. The van der Waals surface area contributed by atoms with Gasteiger partial charge in [-0.3, -0.25) is 9.97 Å². The smallest absolute Gasteiger partial charge is 0.170 e. The van der Waals surface area contributed by atoms with E-state index in [0.717, 1.165) is 36.1 Å². The number of rotatable bonds is 7. The van der Waals surface area contributed by atoms with E-state index in [2.05, 4.69) is 74.2 Å². The number of hydrogen-bond acceptors (Lipinski definition) is 4. The van der Waals surface area contributed by atoms with E-state index in [1.807, 2.05) is 36.7 Å². The molecule has 1 aliphatic heterocycles. The Balaban J connectivity index is 1.70. The first-order valence-electron chi connectivity index (χ1n) is 9.81. The summed E-state index contributed by atoms with van der Waals surface area (Å²) in [5.41, 5.74) is 3.24. The first kappa shape index (κ1) is 19.5. The topological polar surface area (TPSA) is 49.2 Å². The van der Waals surface area contributed by atoms with Crippen LogP contribution in [0.4, 0.5) is 0 Å². The van der Waals surface area contributed by atoms with E-state index >= 15 is 0 Å². The molecule has 0 spiro atoms. The molecule has 0 aromatic carbocycles. The summed E-state index contributed by atoms with van der Waals surface area (Å²) < 4.78 is 2.27. The van der Waals surface area contributed by atoms with Gasteiger partial charge < -0.3 is 19.7 Å². The van der Waals surface area contributed by atoms with Crippen molar-refractivity contribution >= 4 is 17.3 Å². The van der Waals surface area contributed by atoms with Crippen molar-refractivity contribution in [1.82, 2.24) is 29.7 Å². The molecule has 150 valence electrons. The van der Waals surface area contributed by atoms with E-state index in [-0.39, 0.29) is 12.1 Å². The molecule has 0 unspecified atom stereocenters. The van der Waals surface area contributed by atoms with Crippen LogP contribution in [0.3, 0.4) is 0 Å².